The molecule has 0 saturated carbocycles. The van der Waals surface area contributed by atoms with Gasteiger partial charge in [-0.1, -0.05) is 28.9 Å². The minimum atomic E-state index is -0.0213. The van der Waals surface area contributed by atoms with Gasteiger partial charge in [0, 0.05) is 29.2 Å². The molecule has 5 heteroatoms. The smallest absolute Gasteiger partial charge is 0.260 e. The number of nitrogens with one attached hydrogen (secondary N) is 1. The van der Waals surface area contributed by atoms with Gasteiger partial charge in [-0.15, -0.1) is 0 Å². The zero-order chi connectivity index (χ0) is 16.0. The van der Waals surface area contributed by atoms with E-state index in [1.165, 1.54) is 0 Å². The van der Waals surface area contributed by atoms with Crippen molar-refractivity contribution >= 4 is 21.8 Å². The lowest BCUT2D eigenvalue weighted by atomic mass is 10.1. The van der Waals surface area contributed by atoms with Crippen LogP contribution >= 0.6 is 15.9 Å². The number of hydrogen-bond acceptors (Lipinski definition) is 3. The number of hydrogen-bond donors (Lipinski definition) is 1. The van der Waals surface area contributed by atoms with Crippen LogP contribution in [-0.4, -0.2) is 37.0 Å². The lowest BCUT2D eigenvalue weighted by molar-refractivity contribution is -0.133. The molecular weight excluding hydrogens is 332 g/mol. The second kappa shape index (κ2) is 8.39. The van der Waals surface area contributed by atoms with Gasteiger partial charge in [0.25, 0.3) is 5.91 Å². The highest BCUT2D eigenvalue weighted by Gasteiger charge is 2.16. The first-order valence-electron chi connectivity index (χ1n) is 7.28. The lowest BCUT2D eigenvalue weighted by Gasteiger charge is -2.23. The fourth-order valence-electron chi connectivity index (χ4n) is 1.94. The van der Waals surface area contributed by atoms with Crippen LogP contribution in [0.1, 0.15) is 39.3 Å². The molecule has 1 atom stereocenters. The van der Waals surface area contributed by atoms with Gasteiger partial charge < -0.3 is 15.0 Å². The third-order valence-corrected chi connectivity index (χ3v) is 3.96. The summed E-state index contributed by atoms with van der Waals surface area (Å²) in [7, 11) is 1.79. The Hall–Kier alpha value is -1.07. The van der Waals surface area contributed by atoms with Gasteiger partial charge in [0.1, 0.15) is 5.75 Å². The van der Waals surface area contributed by atoms with E-state index >= 15 is 0 Å². The highest BCUT2D eigenvalue weighted by atomic mass is 79.9. The van der Waals surface area contributed by atoms with Crippen LogP contribution in [0, 0.1) is 0 Å². The van der Waals surface area contributed by atoms with Gasteiger partial charge >= 0.3 is 0 Å². The second-order valence-corrected chi connectivity index (χ2v) is 6.26. The van der Waals surface area contributed by atoms with Crippen molar-refractivity contribution in [1.29, 1.82) is 0 Å². The molecule has 0 heterocycles. The largest absolute Gasteiger partial charge is 0.483 e. The van der Waals surface area contributed by atoms with Crippen molar-refractivity contribution in [2.24, 2.45) is 0 Å². The first-order valence-corrected chi connectivity index (χ1v) is 8.07. The Balaban J connectivity index is 2.82. The van der Waals surface area contributed by atoms with Crippen molar-refractivity contribution in [1.82, 2.24) is 10.2 Å². The maximum Gasteiger partial charge on any atom is 0.260 e. The molecule has 0 spiro atoms. The zero-order valence-electron chi connectivity index (χ0n) is 13.4. The third kappa shape index (κ3) is 5.32. The van der Waals surface area contributed by atoms with Crippen molar-refractivity contribution in [2.45, 2.75) is 39.8 Å². The molecule has 0 saturated heterocycles. The molecule has 0 aliphatic heterocycles. The summed E-state index contributed by atoms with van der Waals surface area (Å²) in [4.78, 5) is 13.7. The predicted molar refractivity (Wildman–Crippen MR) is 89.6 cm³/mol. The van der Waals surface area contributed by atoms with Crippen LogP contribution in [-0.2, 0) is 4.79 Å². The molecule has 0 fully saturated rings. The Morgan fingerprint density at radius 3 is 2.62 bits per heavy atom. The Labute approximate surface area is 136 Å². The summed E-state index contributed by atoms with van der Waals surface area (Å²) in [6, 6.07) is 6.26. The molecular formula is C16H25BrN2O2. The van der Waals surface area contributed by atoms with Gasteiger partial charge in [0.2, 0.25) is 0 Å². The van der Waals surface area contributed by atoms with E-state index < -0.39 is 0 Å². The molecule has 1 N–H and O–H groups in total. The van der Waals surface area contributed by atoms with E-state index in [0.29, 0.717) is 0 Å². The van der Waals surface area contributed by atoms with E-state index in [-0.39, 0.29) is 24.6 Å². The van der Waals surface area contributed by atoms with Crippen LogP contribution in [0.15, 0.2) is 22.7 Å². The Morgan fingerprint density at radius 1 is 1.38 bits per heavy atom. The van der Waals surface area contributed by atoms with Crippen LogP contribution in [0.5, 0.6) is 5.75 Å². The number of nitrogens with zero attached hydrogens (tertiary/aromatic N) is 1. The van der Waals surface area contributed by atoms with Gasteiger partial charge in [-0.3, -0.25) is 4.79 Å². The number of carbonyl (C=O) groups is 1. The highest BCUT2D eigenvalue weighted by Crippen LogP contribution is 2.28. The van der Waals surface area contributed by atoms with Crippen LogP contribution in [0.25, 0.3) is 0 Å². The number of carbonyl (C=O) groups excluding carboxylic acids is 1. The zero-order valence-corrected chi connectivity index (χ0v) is 15.0. The third-order valence-electron chi connectivity index (χ3n) is 3.47. The molecule has 0 aliphatic carbocycles. The lowest BCUT2D eigenvalue weighted by Crippen LogP contribution is -2.36. The fraction of sp³-hybridized carbons (Fsp3) is 0.562. The Kier molecular flexibility index (Phi) is 7.18. The molecule has 1 amide bonds. The van der Waals surface area contributed by atoms with Crippen molar-refractivity contribution in [3.63, 3.8) is 0 Å². The molecule has 118 valence electrons. The summed E-state index contributed by atoms with van der Waals surface area (Å²) in [6.07, 6.45) is 0. The number of likely N-dealkylation sites (N-methyl/N-ethyl adjacent to an activating group) is 1. The second-order valence-electron chi connectivity index (χ2n) is 5.35. The van der Waals surface area contributed by atoms with Gasteiger partial charge in [0.05, 0.1) is 0 Å². The van der Waals surface area contributed by atoms with Crippen molar-refractivity contribution in [3.05, 3.63) is 28.2 Å². The Bertz CT molecular complexity index is 477. The molecule has 21 heavy (non-hydrogen) atoms. The van der Waals surface area contributed by atoms with Crippen LogP contribution in [0.4, 0.5) is 0 Å². The summed E-state index contributed by atoms with van der Waals surface area (Å²) in [6.45, 7) is 9.05. The number of ether oxygens (including phenoxy) is 1. The van der Waals surface area contributed by atoms with Gasteiger partial charge in [-0.2, -0.15) is 0 Å². The monoisotopic (exact) mass is 356 g/mol. The van der Waals surface area contributed by atoms with Crippen LogP contribution in [0.3, 0.4) is 0 Å². The fourth-order valence-corrected chi connectivity index (χ4v) is 2.28. The summed E-state index contributed by atoms with van der Waals surface area (Å²) >= 11 is 3.45. The van der Waals surface area contributed by atoms with Gasteiger partial charge in [-0.05, 0) is 39.4 Å². The number of amides is 1. The van der Waals surface area contributed by atoms with E-state index in [1.807, 2.05) is 32.0 Å². The van der Waals surface area contributed by atoms with E-state index in [9.17, 15) is 4.79 Å². The number of halogens is 1. The van der Waals surface area contributed by atoms with Gasteiger partial charge in [0.15, 0.2) is 6.61 Å². The summed E-state index contributed by atoms with van der Waals surface area (Å²) < 4.78 is 6.70. The highest BCUT2D eigenvalue weighted by molar-refractivity contribution is 9.10. The van der Waals surface area contributed by atoms with E-state index in [1.54, 1.807) is 11.9 Å². The average Bonchev–Trinajstić information content (AvgIpc) is 2.44. The Morgan fingerprint density at radius 2 is 2.05 bits per heavy atom. The first-order chi connectivity index (χ1) is 9.86. The molecule has 0 radical (unpaired) electrons. The predicted octanol–water partition coefficient (Wildman–Crippen LogP) is 3.37. The molecule has 0 aliphatic rings. The molecule has 1 aromatic rings. The minimum Gasteiger partial charge on any atom is -0.483 e. The van der Waals surface area contributed by atoms with E-state index in [0.717, 1.165) is 22.3 Å². The quantitative estimate of drug-likeness (QED) is 0.814. The van der Waals surface area contributed by atoms with E-state index in [2.05, 4.69) is 35.1 Å². The SMILES string of the molecule is CCNC(C)c1ccc(Br)cc1OCC(=O)N(C)C(C)C. The van der Waals surface area contributed by atoms with Crippen LogP contribution < -0.4 is 10.1 Å². The molecule has 1 rings (SSSR count). The van der Waals surface area contributed by atoms with Crippen molar-refractivity contribution < 1.29 is 9.53 Å². The molecule has 0 aromatic heterocycles. The maximum atomic E-state index is 12.0. The summed E-state index contributed by atoms with van der Waals surface area (Å²) in [5.74, 6) is 0.718. The number of rotatable bonds is 7. The summed E-state index contributed by atoms with van der Waals surface area (Å²) in [5.41, 5.74) is 1.06. The molecule has 0 bridgehead atoms. The molecule has 1 aromatic carbocycles. The average molecular weight is 357 g/mol. The first kappa shape index (κ1) is 18.0. The van der Waals surface area contributed by atoms with Gasteiger partial charge in [-0.25, -0.2) is 0 Å². The summed E-state index contributed by atoms with van der Waals surface area (Å²) in [5, 5.41) is 3.36. The normalized spacial score (nSPS) is 12.3. The van der Waals surface area contributed by atoms with Crippen molar-refractivity contribution in [3.8, 4) is 5.75 Å². The molecule has 4 nitrogen and oxygen atoms in total. The topological polar surface area (TPSA) is 41.6 Å². The molecule has 1 unspecified atom stereocenters. The standard InChI is InChI=1S/C16H25BrN2O2/c1-6-18-12(4)14-8-7-13(17)9-15(14)21-10-16(20)19(5)11(2)3/h7-9,11-12,18H,6,10H2,1-5H3. The van der Waals surface area contributed by atoms with Crippen LogP contribution in [0.2, 0.25) is 0 Å². The van der Waals surface area contributed by atoms with E-state index in [4.69, 9.17) is 4.74 Å². The minimum absolute atomic E-state index is 0.0213. The van der Waals surface area contributed by atoms with Crippen molar-refractivity contribution in [2.75, 3.05) is 20.2 Å². The number of benzene rings is 1. The maximum absolute atomic E-state index is 12.0.